The predicted molar refractivity (Wildman–Crippen MR) is 91.2 cm³/mol. The lowest BCUT2D eigenvalue weighted by molar-refractivity contribution is -0.148. The van der Waals surface area contributed by atoms with E-state index in [1.54, 1.807) is 0 Å². The summed E-state index contributed by atoms with van der Waals surface area (Å²) in [6, 6.07) is 0.166. The van der Waals surface area contributed by atoms with Gasteiger partial charge in [0.1, 0.15) is 0 Å². The molecule has 2 N–H and O–H groups in total. The van der Waals surface area contributed by atoms with Gasteiger partial charge in [0.05, 0.1) is 11.8 Å². The Kier molecular flexibility index (Phi) is 3.97. The molecule has 4 nitrogen and oxygen atoms in total. The van der Waals surface area contributed by atoms with Crippen molar-refractivity contribution in [3.8, 4) is 0 Å². The van der Waals surface area contributed by atoms with E-state index in [0.717, 1.165) is 17.8 Å². The van der Waals surface area contributed by atoms with Gasteiger partial charge in [-0.05, 0) is 81.5 Å². The Morgan fingerprint density at radius 1 is 1.00 bits per heavy atom. The number of carbonyl (C=O) groups excluding carboxylic acids is 1. The molecule has 4 bridgehead atoms. The highest BCUT2D eigenvalue weighted by molar-refractivity contribution is 5.85. The van der Waals surface area contributed by atoms with Crippen LogP contribution in [-0.4, -0.2) is 23.0 Å². The summed E-state index contributed by atoms with van der Waals surface area (Å²) in [4.78, 5) is 24.3. The van der Waals surface area contributed by atoms with Gasteiger partial charge in [-0.1, -0.05) is 12.2 Å². The number of nitrogens with one attached hydrogen (secondary N) is 1. The molecule has 0 unspecified atom stereocenters. The van der Waals surface area contributed by atoms with E-state index >= 15 is 0 Å². The van der Waals surface area contributed by atoms with Crippen LogP contribution in [0.3, 0.4) is 0 Å². The van der Waals surface area contributed by atoms with Crippen LogP contribution in [-0.2, 0) is 9.59 Å². The van der Waals surface area contributed by atoms with Gasteiger partial charge in [0.25, 0.3) is 0 Å². The fraction of sp³-hybridized carbons (Fsp3) is 0.800. The van der Waals surface area contributed by atoms with Crippen molar-refractivity contribution in [3.63, 3.8) is 0 Å². The summed E-state index contributed by atoms with van der Waals surface area (Å²) in [5.41, 5.74) is 0.271. The summed E-state index contributed by atoms with van der Waals surface area (Å²) >= 11 is 0. The van der Waals surface area contributed by atoms with Crippen LogP contribution in [0.15, 0.2) is 12.2 Å². The maximum Gasteiger partial charge on any atom is 0.307 e. The van der Waals surface area contributed by atoms with Crippen LogP contribution >= 0.6 is 0 Å². The third-order valence-corrected chi connectivity index (χ3v) is 7.45. The predicted octanol–water partition coefficient (Wildman–Crippen LogP) is 3.37. The summed E-state index contributed by atoms with van der Waals surface area (Å²) in [5, 5.41) is 12.7. The largest absolute Gasteiger partial charge is 0.481 e. The van der Waals surface area contributed by atoms with Crippen molar-refractivity contribution in [1.29, 1.82) is 0 Å². The highest BCUT2D eigenvalue weighted by Crippen LogP contribution is 2.61. The standard InChI is InChI=1S/C20H29NO3/c1-12(20-9-13-6-14(10-20)8-15(7-13)11-20)21-18(22)16-4-2-3-5-17(16)19(23)24/h2-3,12-17H,4-11H2,1H3,(H,21,22)(H,23,24)/t12-,13?,14?,15?,16-,17-,20?/m0/s1. The van der Waals surface area contributed by atoms with Gasteiger partial charge in [0.15, 0.2) is 0 Å². The summed E-state index contributed by atoms with van der Waals surface area (Å²) in [6.45, 7) is 2.17. The molecule has 1 amide bonds. The Balaban J connectivity index is 1.46. The molecule has 0 spiro atoms. The van der Waals surface area contributed by atoms with Crippen LogP contribution in [0, 0.1) is 35.0 Å². The molecule has 0 aromatic heterocycles. The second-order valence-electron chi connectivity index (χ2n) is 9.00. The minimum Gasteiger partial charge on any atom is -0.481 e. The van der Waals surface area contributed by atoms with Gasteiger partial charge in [-0.15, -0.1) is 0 Å². The normalized spacial score (nSPS) is 44.3. The van der Waals surface area contributed by atoms with E-state index in [0.29, 0.717) is 12.8 Å². The third kappa shape index (κ3) is 2.68. The van der Waals surface area contributed by atoms with Crippen molar-refractivity contribution >= 4 is 11.9 Å². The van der Waals surface area contributed by atoms with E-state index < -0.39 is 17.8 Å². The molecule has 0 aliphatic heterocycles. The van der Waals surface area contributed by atoms with Gasteiger partial charge in [-0.2, -0.15) is 0 Å². The fourth-order valence-electron chi connectivity index (χ4n) is 6.56. The SMILES string of the molecule is C[C@H](NC(=O)[C@H]1CC=CC[C@@H]1C(=O)O)C12CC3CC(CC(C3)C1)C2. The summed E-state index contributed by atoms with van der Waals surface area (Å²) in [7, 11) is 0. The Morgan fingerprint density at radius 2 is 1.50 bits per heavy atom. The van der Waals surface area contributed by atoms with Crippen molar-refractivity contribution in [2.75, 3.05) is 0 Å². The molecule has 0 aromatic carbocycles. The maximum absolute atomic E-state index is 12.8. The van der Waals surface area contributed by atoms with Crippen LogP contribution in [0.4, 0.5) is 0 Å². The Bertz CT molecular complexity index is 532. The molecule has 5 aliphatic rings. The van der Waals surface area contributed by atoms with Gasteiger partial charge in [0.2, 0.25) is 5.91 Å². The van der Waals surface area contributed by atoms with E-state index in [1.165, 1.54) is 38.5 Å². The number of hydrogen-bond acceptors (Lipinski definition) is 2. The molecule has 4 fully saturated rings. The van der Waals surface area contributed by atoms with Gasteiger partial charge in [0, 0.05) is 6.04 Å². The Labute approximate surface area is 144 Å². The van der Waals surface area contributed by atoms with Crippen molar-refractivity contribution in [2.45, 2.75) is 64.3 Å². The number of carboxylic acid groups (broad SMARTS) is 1. The first kappa shape index (κ1) is 16.2. The molecule has 3 atom stereocenters. The molecule has 0 heterocycles. The number of carbonyl (C=O) groups is 2. The quantitative estimate of drug-likeness (QED) is 0.776. The molecule has 0 saturated heterocycles. The van der Waals surface area contributed by atoms with Crippen LogP contribution in [0.1, 0.15) is 58.3 Å². The van der Waals surface area contributed by atoms with Crippen LogP contribution in [0.25, 0.3) is 0 Å². The summed E-state index contributed by atoms with van der Waals surface area (Å²) < 4.78 is 0. The lowest BCUT2D eigenvalue weighted by atomic mass is 9.48. The molecule has 4 saturated carbocycles. The zero-order chi connectivity index (χ0) is 16.9. The third-order valence-electron chi connectivity index (χ3n) is 7.45. The van der Waals surface area contributed by atoms with E-state index in [-0.39, 0.29) is 17.4 Å². The van der Waals surface area contributed by atoms with E-state index in [4.69, 9.17) is 0 Å². The number of rotatable bonds is 4. The minimum atomic E-state index is -0.845. The molecule has 24 heavy (non-hydrogen) atoms. The first-order chi connectivity index (χ1) is 11.5. The average Bonchev–Trinajstić information content (AvgIpc) is 2.53. The van der Waals surface area contributed by atoms with Crippen molar-refractivity contribution in [3.05, 3.63) is 12.2 Å². The topological polar surface area (TPSA) is 66.4 Å². The summed E-state index contributed by atoms with van der Waals surface area (Å²) in [5.74, 6) is 0.708. The monoisotopic (exact) mass is 331 g/mol. The van der Waals surface area contributed by atoms with Crippen molar-refractivity contribution in [2.24, 2.45) is 35.0 Å². The molecule has 5 rings (SSSR count). The molecule has 5 aliphatic carbocycles. The summed E-state index contributed by atoms with van der Waals surface area (Å²) in [6.07, 6.45) is 12.8. The van der Waals surface area contributed by atoms with E-state index in [9.17, 15) is 14.7 Å². The molecule has 0 aromatic rings. The highest BCUT2D eigenvalue weighted by atomic mass is 16.4. The molecule has 4 heteroatoms. The van der Waals surface area contributed by atoms with Gasteiger partial charge >= 0.3 is 5.97 Å². The van der Waals surface area contributed by atoms with Crippen molar-refractivity contribution < 1.29 is 14.7 Å². The number of hydrogen-bond donors (Lipinski definition) is 2. The second kappa shape index (κ2) is 5.89. The first-order valence-electron chi connectivity index (χ1n) is 9.65. The lowest BCUT2D eigenvalue weighted by Gasteiger charge is -2.59. The number of allylic oxidation sites excluding steroid dienone is 2. The number of carboxylic acids is 1. The van der Waals surface area contributed by atoms with Crippen LogP contribution in [0.2, 0.25) is 0 Å². The minimum absolute atomic E-state index is 0.0463. The van der Waals surface area contributed by atoms with Crippen molar-refractivity contribution in [1.82, 2.24) is 5.32 Å². The molecular formula is C20H29NO3. The highest BCUT2D eigenvalue weighted by Gasteiger charge is 2.53. The van der Waals surface area contributed by atoms with E-state index in [1.807, 2.05) is 12.2 Å². The first-order valence-corrected chi connectivity index (χ1v) is 9.65. The maximum atomic E-state index is 12.8. The zero-order valence-corrected chi connectivity index (χ0v) is 14.5. The van der Waals surface area contributed by atoms with E-state index in [2.05, 4.69) is 12.2 Å². The average molecular weight is 331 g/mol. The molecule has 132 valence electrons. The smallest absolute Gasteiger partial charge is 0.307 e. The number of aliphatic carboxylic acids is 1. The lowest BCUT2D eigenvalue weighted by Crippen LogP contribution is -2.57. The van der Waals surface area contributed by atoms with Gasteiger partial charge in [-0.25, -0.2) is 0 Å². The second-order valence-corrected chi connectivity index (χ2v) is 9.00. The Hall–Kier alpha value is -1.32. The fourth-order valence-corrected chi connectivity index (χ4v) is 6.56. The molecule has 0 radical (unpaired) electrons. The van der Waals surface area contributed by atoms with Crippen LogP contribution in [0.5, 0.6) is 0 Å². The number of amides is 1. The Morgan fingerprint density at radius 3 is 2.00 bits per heavy atom. The van der Waals surface area contributed by atoms with Gasteiger partial charge < -0.3 is 10.4 Å². The zero-order valence-electron chi connectivity index (χ0n) is 14.5. The van der Waals surface area contributed by atoms with Gasteiger partial charge in [-0.3, -0.25) is 9.59 Å². The van der Waals surface area contributed by atoms with Crippen LogP contribution < -0.4 is 5.32 Å². The molecular weight excluding hydrogens is 302 g/mol.